The summed E-state index contributed by atoms with van der Waals surface area (Å²) >= 11 is 0. The highest BCUT2D eigenvalue weighted by molar-refractivity contribution is 6.00. The van der Waals surface area contributed by atoms with E-state index in [1.807, 2.05) is 6.07 Å². The molecule has 0 saturated carbocycles. The van der Waals surface area contributed by atoms with Crippen LogP contribution in [0.4, 0.5) is 5.69 Å². The highest BCUT2D eigenvalue weighted by Gasteiger charge is 2.26. The minimum Gasteiger partial charge on any atom is -0.454 e. The van der Waals surface area contributed by atoms with Crippen molar-refractivity contribution in [2.45, 2.75) is 13.8 Å². The monoisotopic (exact) mass is 393 g/mol. The second kappa shape index (κ2) is 7.82. The summed E-state index contributed by atoms with van der Waals surface area (Å²) in [5.74, 6) is -1.15. The number of ether oxygens (including phenoxy) is 1. The lowest BCUT2D eigenvalue weighted by molar-refractivity contribution is -0.385. The summed E-state index contributed by atoms with van der Waals surface area (Å²) in [4.78, 5) is 35.2. The van der Waals surface area contributed by atoms with Crippen LogP contribution in [0.5, 0.6) is 0 Å². The molecule has 3 rings (SSSR count). The normalized spacial score (nSPS) is 10.4. The summed E-state index contributed by atoms with van der Waals surface area (Å²) in [6.07, 6.45) is 3.31. The molecule has 0 N–H and O–H groups in total. The smallest absolute Gasteiger partial charge is 0.343 e. The molecule has 0 spiro atoms. The Kier molecular flexibility index (Phi) is 5.27. The van der Waals surface area contributed by atoms with Crippen molar-refractivity contribution in [2.24, 2.45) is 0 Å². The molecule has 9 heteroatoms. The van der Waals surface area contributed by atoms with Crippen LogP contribution in [0.3, 0.4) is 0 Å². The minimum atomic E-state index is -0.892. The third kappa shape index (κ3) is 3.77. The zero-order valence-electron chi connectivity index (χ0n) is 15.5. The first-order valence-corrected chi connectivity index (χ1v) is 8.45. The Bertz CT molecular complexity index is 1150. The van der Waals surface area contributed by atoms with E-state index in [4.69, 9.17) is 9.15 Å². The van der Waals surface area contributed by atoms with Crippen LogP contribution in [0.2, 0.25) is 0 Å². The standard InChI is InChI=1S/C20H15N3O6/c1-12-5-6-14(9-16(12)23(26)27)17(24)11-28-20(25)18-13(2)29-19(15(18)10-21)22-7-3-4-8-22/h3-9H,11H2,1-2H3. The van der Waals surface area contributed by atoms with Gasteiger partial charge in [0.1, 0.15) is 23.0 Å². The fourth-order valence-corrected chi connectivity index (χ4v) is 2.80. The number of aryl methyl sites for hydroxylation is 2. The van der Waals surface area contributed by atoms with Gasteiger partial charge in [-0.1, -0.05) is 12.1 Å². The van der Waals surface area contributed by atoms with E-state index in [-0.39, 0.29) is 34.0 Å². The number of nitro benzene ring substituents is 1. The van der Waals surface area contributed by atoms with Crippen LogP contribution in [-0.4, -0.2) is 27.8 Å². The molecule has 0 aliphatic rings. The van der Waals surface area contributed by atoms with Crippen LogP contribution >= 0.6 is 0 Å². The molecule has 0 aliphatic heterocycles. The van der Waals surface area contributed by atoms with E-state index in [2.05, 4.69) is 0 Å². The van der Waals surface area contributed by atoms with Gasteiger partial charge in [0, 0.05) is 29.6 Å². The van der Waals surface area contributed by atoms with Gasteiger partial charge in [0.05, 0.1) is 4.92 Å². The van der Waals surface area contributed by atoms with Crippen molar-refractivity contribution in [1.82, 2.24) is 4.57 Å². The molecule has 0 aliphatic carbocycles. The van der Waals surface area contributed by atoms with Crippen molar-refractivity contribution >= 4 is 17.4 Å². The second-order valence-electron chi connectivity index (χ2n) is 6.17. The Hall–Kier alpha value is -4.19. The number of ketones is 1. The van der Waals surface area contributed by atoms with Crippen molar-refractivity contribution in [3.05, 3.63) is 80.9 Å². The van der Waals surface area contributed by atoms with Gasteiger partial charge >= 0.3 is 5.97 Å². The van der Waals surface area contributed by atoms with E-state index in [0.717, 1.165) is 6.07 Å². The first kappa shape index (κ1) is 19.6. The number of carbonyl (C=O) groups is 2. The van der Waals surface area contributed by atoms with E-state index in [1.54, 1.807) is 36.0 Å². The average molecular weight is 393 g/mol. The molecule has 2 heterocycles. The molecule has 3 aromatic rings. The third-order valence-corrected chi connectivity index (χ3v) is 4.28. The summed E-state index contributed by atoms with van der Waals surface area (Å²) in [6, 6.07) is 9.40. The van der Waals surface area contributed by atoms with E-state index >= 15 is 0 Å². The number of hydrogen-bond acceptors (Lipinski definition) is 7. The van der Waals surface area contributed by atoms with Gasteiger partial charge in [-0.3, -0.25) is 19.5 Å². The van der Waals surface area contributed by atoms with Gasteiger partial charge in [-0.05, 0) is 26.0 Å². The van der Waals surface area contributed by atoms with Gasteiger partial charge in [0.15, 0.2) is 6.61 Å². The van der Waals surface area contributed by atoms with Crippen molar-refractivity contribution in [2.75, 3.05) is 6.61 Å². The van der Waals surface area contributed by atoms with Crippen molar-refractivity contribution < 1.29 is 23.7 Å². The van der Waals surface area contributed by atoms with Crippen molar-refractivity contribution in [3.63, 3.8) is 0 Å². The lowest BCUT2D eigenvalue weighted by Crippen LogP contribution is -2.15. The molecule has 9 nitrogen and oxygen atoms in total. The molecule has 0 bridgehead atoms. The fraction of sp³-hybridized carbons (Fsp3) is 0.150. The quantitative estimate of drug-likeness (QED) is 0.271. The molecule has 0 saturated heterocycles. The highest BCUT2D eigenvalue weighted by atomic mass is 16.6. The lowest BCUT2D eigenvalue weighted by atomic mass is 10.1. The predicted octanol–water partition coefficient (Wildman–Crippen LogP) is 3.51. The summed E-state index contributed by atoms with van der Waals surface area (Å²) in [7, 11) is 0. The predicted molar refractivity (Wildman–Crippen MR) is 99.9 cm³/mol. The Morgan fingerprint density at radius 1 is 1.28 bits per heavy atom. The maximum atomic E-state index is 12.5. The topological polar surface area (TPSA) is 128 Å². The number of nitriles is 1. The average Bonchev–Trinajstić information content (AvgIpc) is 3.33. The van der Waals surface area contributed by atoms with Gasteiger partial charge in [-0.15, -0.1) is 0 Å². The number of Topliss-reactive ketones (excluding diaryl/α,β-unsaturated/α-hetero) is 1. The molecule has 2 aromatic heterocycles. The van der Waals surface area contributed by atoms with Crippen LogP contribution in [0.25, 0.3) is 5.88 Å². The Morgan fingerprint density at radius 2 is 1.97 bits per heavy atom. The number of aromatic nitrogens is 1. The van der Waals surface area contributed by atoms with Crippen LogP contribution in [0, 0.1) is 35.3 Å². The highest BCUT2D eigenvalue weighted by Crippen LogP contribution is 2.26. The SMILES string of the molecule is Cc1ccc(C(=O)COC(=O)c2c(C)oc(-n3cccc3)c2C#N)cc1[N+](=O)[O-]. The van der Waals surface area contributed by atoms with Crippen LogP contribution in [0.1, 0.15) is 37.6 Å². The number of benzene rings is 1. The molecule has 0 amide bonds. The number of carbonyl (C=O) groups excluding carboxylic acids is 2. The maximum Gasteiger partial charge on any atom is 0.343 e. The first-order valence-electron chi connectivity index (χ1n) is 8.45. The number of nitrogens with zero attached hydrogens (tertiary/aromatic N) is 3. The van der Waals surface area contributed by atoms with Crippen LogP contribution in [0.15, 0.2) is 47.1 Å². The number of furan rings is 1. The molecule has 1 aromatic carbocycles. The van der Waals surface area contributed by atoms with Crippen LogP contribution in [-0.2, 0) is 4.74 Å². The molecule has 146 valence electrons. The summed E-state index contributed by atoms with van der Waals surface area (Å²) in [6.45, 7) is 2.43. The maximum absolute atomic E-state index is 12.5. The first-order chi connectivity index (χ1) is 13.8. The third-order valence-electron chi connectivity index (χ3n) is 4.28. The van der Waals surface area contributed by atoms with E-state index < -0.39 is 23.3 Å². The Balaban J connectivity index is 1.80. The summed E-state index contributed by atoms with van der Waals surface area (Å²) < 4.78 is 12.1. The number of nitro groups is 1. The zero-order valence-corrected chi connectivity index (χ0v) is 15.5. The number of rotatable bonds is 6. The number of hydrogen-bond donors (Lipinski definition) is 0. The molecule has 29 heavy (non-hydrogen) atoms. The Morgan fingerprint density at radius 3 is 2.59 bits per heavy atom. The molecule has 0 fully saturated rings. The van der Waals surface area contributed by atoms with Crippen molar-refractivity contribution in [3.8, 4) is 12.0 Å². The lowest BCUT2D eigenvalue weighted by Gasteiger charge is -2.05. The second-order valence-corrected chi connectivity index (χ2v) is 6.17. The van der Waals surface area contributed by atoms with E-state index in [0.29, 0.717) is 5.56 Å². The summed E-state index contributed by atoms with van der Waals surface area (Å²) in [5, 5.41) is 20.5. The zero-order chi connectivity index (χ0) is 21.1. The molecule has 0 radical (unpaired) electrons. The van der Waals surface area contributed by atoms with Gasteiger partial charge in [-0.25, -0.2) is 4.79 Å². The van der Waals surface area contributed by atoms with Gasteiger partial charge in [0.25, 0.3) is 5.69 Å². The molecular formula is C20H15N3O6. The van der Waals surface area contributed by atoms with E-state index in [9.17, 15) is 25.0 Å². The van der Waals surface area contributed by atoms with Crippen molar-refractivity contribution in [1.29, 1.82) is 5.26 Å². The Labute approximate surface area is 164 Å². The number of esters is 1. The molecule has 0 atom stereocenters. The van der Waals surface area contributed by atoms with Gasteiger partial charge in [-0.2, -0.15) is 5.26 Å². The van der Waals surface area contributed by atoms with Gasteiger partial charge in [0.2, 0.25) is 11.7 Å². The van der Waals surface area contributed by atoms with Crippen LogP contribution < -0.4 is 0 Å². The molecule has 0 unspecified atom stereocenters. The van der Waals surface area contributed by atoms with E-state index in [1.165, 1.54) is 19.1 Å². The summed E-state index contributed by atoms with van der Waals surface area (Å²) in [5.41, 5.74) is 0.179. The largest absolute Gasteiger partial charge is 0.454 e. The fourth-order valence-electron chi connectivity index (χ4n) is 2.80. The van der Waals surface area contributed by atoms with Gasteiger partial charge < -0.3 is 9.15 Å². The molecular weight excluding hydrogens is 378 g/mol. The minimum absolute atomic E-state index is 0.0119.